The number of benzene rings is 1. The monoisotopic (exact) mass is 302 g/mol. The maximum absolute atomic E-state index is 11.9. The van der Waals surface area contributed by atoms with E-state index in [4.69, 9.17) is 11.6 Å². The van der Waals surface area contributed by atoms with Gasteiger partial charge in [0.1, 0.15) is 5.02 Å². The van der Waals surface area contributed by atoms with Crippen LogP contribution < -0.4 is 5.32 Å². The van der Waals surface area contributed by atoms with Gasteiger partial charge in [0.25, 0.3) is 11.6 Å². The highest BCUT2D eigenvalue weighted by Crippen LogP contribution is 2.24. The Bertz CT molecular complexity index is 482. The largest absolute Gasteiger partial charge is 0.350 e. The van der Waals surface area contributed by atoms with Crippen LogP contribution in [0.5, 0.6) is 0 Å². The summed E-state index contributed by atoms with van der Waals surface area (Å²) in [6.45, 7) is 1.92. The minimum atomic E-state index is -0.578. The van der Waals surface area contributed by atoms with Gasteiger partial charge >= 0.3 is 0 Å². The van der Waals surface area contributed by atoms with Crippen molar-refractivity contribution in [3.8, 4) is 0 Å². The van der Waals surface area contributed by atoms with Gasteiger partial charge in [0.15, 0.2) is 0 Å². The number of hydrogen-bond acceptors (Lipinski definition) is 4. The molecule has 1 amide bonds. The SMILES string of the molecule is CSCCC(C)NC(=O)c1ccc([N+](=O)[O-])c(Cl)c1. The summed E-state index contributed by atoms with van der Waals surface area (Å²) >= 11 is 7.48. The highest BCUT2D eigenvalue weighted by atomic mass is 35.5. The van der Waals surface area contributed by atoms with Crippen LogP contribution in [0.15, 0.2) is 18.2 Å². The number of hydrogen-bond donors (Lipinski definition) is 1. The molecular weight excluding hydrogens is 288 g/mol. The summed E-state index contributed by atoms with van der Waals surface area (Å²) in [6.07, 6.45) is 2.87. The zero-order valence-electron chi connectivity index (χ0n) is 10.7. The first-order valence-electron chi connectivity index (χ1n) is 5.69. The van der Waals surface area contributed by atoms with Gasteiger partial charge in [0.05, 0.1) is 4.92 Å². The normalized spacial score (nSPS) is 11.9. The van der Waals surface area contributed by atoms with Gasteiger partial charge in [0, 0.05) is 17.7 Å². The summed E-state index contributed by atoms with van der Waals surface area (Å²) < 4.78 is 0. The average molecular weight is 303 g/mol. The highest BCUT2D eigenvalue weighted by molar-refractivity contribution is 7.98. The van der Waals surface area contributed by atoms with Crippen molar-refractivity contribution in [2.75, 3.05) is 12.0 Å². The van der Waals surface area contributed by atoms with E-state index in [1.54, 1.807) is 11.8 Å². The van der Waals surface area contributed by atoms with Crippen LogP contribution >= 0.6 is 23.4 Å². The minimum absolute atomic E-state index is 0.0329. The quantitative estimate of drug-likeness (QED) is 0.647. The van der Waals surface area contributed by atoms with Crippen molar-refractivity contribution in [2.24, 2.45) is 0 Å². The van der Waals surface area contributed by atoms with Gasteiger partial charge in [-0.1, -0.05) is 11.6 Å². The smallest absolute Gasteiger partial charge is 0.287 e. The van der Waals surface area contributed by atoms with E-state index in [2.05, 4.69) is 5.32 Å². The van der Waals surface area contributed by atoms with E-state index in [0.717, 1.165) is 12.2 Å². The molecule has 0 saturated carbocycles. The van der Waals surface area contributed by atoms with Crippen LogP contribution in [-0.4, -0.2) is 28.9 Å². The van der Waals surface area contributed by atoms with Gasteiger partial charge in [-0.05, 0) is 37.5 Å². The van der Waals surface area contributed by atoms with Gasteiger partial charge in [-0.25, -0.2) is 0 Å². The average Bonchev–Trinajstić information content (AvgIpc) is 2.35. The summed E-state index contributed by atoms with van der Waals surface area (Å²) in [7, 11) is 0. The number of carbonyl (C=O) groups excluding carboxylic acids is 1. The van der Waals surface area contributed by atoms with Crippen molar-refractivity contribution in [1.29, 1.82) is 0 Å². The van der Waals surface area contributed by atoms with Crippen LogP contribution in [0.25, 0.3) is 0 Å². The maximum atomic E-state index is 11.9. The molecule has 0 aliphatic heterocycles. The number of rotatable bonds is 6. The van der Waals surface area contributed by atoms with Crippen LogP contribution in [0.3, 0.4) is 0 Å². The molecule has 1 N–H and O–H groups in total. The van der Waals surface area contributed by atoms with E-state index in [9.17, 15) is 14.9 Å². The Balaban J connectivity index is 2.72. The van der Waals surface area contributed by atoms with Gasteiger partial charge in [0.2, 0.25) is 0 Å². The van der Waals surface area contributed by atoms with Crippen molar-refractivity contribution < 1.29 is 9.72 Å². The Morgan fingerprint density at radius 1 is 1.58 bits per heavy atom. The first-order valence-corrected chi connectivity index (χ1v) is 7.46. The summed E-state index contributed by atoms with van der Waals surface area (Å²) in [5.74, 6) is 0.688. The second kappa shape index (κ2) is 7.35. The number of nitro groups is 1. The highest BCUT2D eigenvalue weighted by Gasteiger charge is 2.16. The molecule has 1 aromatic rings. The molecule has 0 radical (unpaired) electrons. The lowest BCUT2D eigenvalue weighted by Gasteiger charge is -2.13. The lowest BCUT2D eigenvalue weighted by molar-refractivity contribution is -0.384. The molecule has 0 fully saturated rings. The number of thioether (sulfide) groups is 1. The molecule has 0 aliphatic rings. The molecule has 7 heteroatoms. The third-order valence-electron chi connectivity index (χ3n) is 2.54. The lowest BCUT2D eigenvalue weighted by atomic mass is 10.1. The van der Waals surface area contributed by atoms with E-state index in [0.29, 0.717) is 5.56 Å². The number of halogens is 1. The van der Waals surface area contributed by atoms with Crippen molar-refractivity contribution in [3.05, 3.63) is 38.9 Å². The minimum Gasteiger partial charge on any atom is -0.350 e. The van der Waals surface area contributed by atoms with E-state index in [1.165, 1.54) is 18.2 Å². The lowest BCUT2D eigenvalue weighted by Crippen LogP contribution is -2.32. The Kier molecular flexibility index (Phi) is 6.11. The molecule has 1 aromatic carbocycles. The number of nitro benzene ring substituents is 1. The fourth-order valence-electron chi connectivity index (χ4n) is 1.47. The van der Waals surface area contributed by atoms with Crippen LogP contribution in [-0.2, 0) is 0 Å². The molecular formula is C12H15ClN2O3S. The van der Waals surface area contributed by atoms with Crippen LogP contribution in [0.2, 0.25) is 5.02 Å². The van der Waals surface area contributed by atoms with Gasteiger partial charge in [-0.2, -0.15) is 11.8 Å². The number of amides is 1. The van der Waals surface area contributed by atoms with Crippen molar-refractivity contribution in [2.45, 2.75) is 19.4 Å². The number of nitrogens with zero attached hydrogens (tertiary/aromatic N) is 1. The molecule has 0 aliphatic carbocycles. The Morgan fingerprint density at radius 2 is 2.26 bits per heavy atom. The van der Waals surface area contributed by atoms with E-state index in [-0.39, 0.29) is 22.7 Å². The predicted molar refractivity (Wildman–Crippen MR) is 78.0 cm³/mol. The second-order valence-electron chi connectivity index (χ2n) is 4.08. The molecule has 19 heavy (non-hydrogen) atoms. The molecule has 1 rings (SSSR count). The van der Waals surface area contributed by atoms with Gasteiger partial charge in [-0.15, -0.1) is 0 Å². The summed E-state index contributed by atoms with van der Waals surface area (Å²) in [5.41, 5.74) is 0.125. The number of carbonyl (C=O) groups is 1. The van der Waals surface area contributed by atoms with Crippen LogP contribution in [0, 0.1) is 10.1 Å². The van der Waals surface area contributed by atoms with E-state index >= 15 is 0 Å². The van der Waals surface area contributed by atoms with Crippen LogP contribution in [0.4, 0.5) is 5.69 Å². The third kappa shape index (κ3) is 4.72. The van der Waals surface area contributed by atoms with Gasteiger partial charge in [-0.3, -0.25) is 14.9 Å². The Hall–Kier alpha value is -1.27. The molecule has 0 aromatic heterocycles. The number of nitrogens with one attached hydrogen (secondary N) is 1. The third-order valence-corrected chi connectivity index (χ3v) is 3.49. The molecule has 0 spiro atoms. The second-order valence-corrected chi connectivity index (χ2v) is 5.47. The molecule has 1 unspecified atom stereocenters. The fraction of sp³-hybridized carbons (Fsp3) is 0.417. The zero-order chi connectivity index (χ0) is 14.4. The summed E-state index contributed by atoms with van der Waals surface area (Å²) in [4.78, 5) is 21.9. The molecule has 5 nitrogen and oxygen atoms in total. The van der Waals surface area contributed by atoms with E-state index in [1.807, 2.05) is 13.2 Å². The fourth-order valence-corrected chi connectivity index (χ4v) is 2.31. The van der Waals surface area contributed by atoms with Crippen molar-refractivity contribution >= 4 is 35.0 Å². The first-order chi connectivity index (χ1) is 8.95. The Labute approximate surface area is 120 Å². The maximum Gasteiger partial charge on any atom is 0.287 e. The van der Waals surface area contributed by atoms with E-state index < -0.39 is 4.92 Å². The van der Waals surface area contributed by atoms with Gasteiger partial charge < -0.3 is 5.32 Å². The van der Waals surface area contributed by atoms with Crippen LogP contribution in [0.1, 0.15) is 23.7 Å². The van der Waals surface area contributed by atoms with Crippen molar-refractivity contribution in [3.63, 3.8) is 0 Å². The van der Waals surface area contributed by atoms with Crippen molar-refractivity contribution in [1.82, 2.24) is 5.32 Å². The zero-order valence-corrected chi connectivity index (χ0v) is 12.3. The first kappa shape index (κ1) is 15.8. The molecule has 1 atom stereocenters. The molecule has 0 saturated heterocycles. The Morgan fingerprint density at radius 3 is 2.79 bits per heavy atom. The molecule has 0 heterocycles. The standard InChI is InChI=1S/C12H15ClN2O3S/c1-8(5-6-19-2)14-12(16)9-3-4-11(15(17)18)10(13)7-9/h3-4,7-8H,5-6H2,1-2H3,(H,14,16). The molecule has 0 bridgehead atoms. The summed E-state index contributed by atoms with van der Waals surface area (Å²) in [5, 5.41) is 13.4. The predicted octanol–water partition coefficient (Wildman–Crippen LogP) is 3.12. The topological polar surface area (TPSA) is 72.2 Å². The summed E-state index contributed by atoms with van der Waals surface area (Å²) in [6, 6.07) is 4.01. The molecule has 104 valence electrons.